The number of benzene rings is 3. The predicted octanol–water partition coefficient (Wildman–Crippen LogP) is 4.96. The molecule has 4 nitrogen and oxygen atoms in total. The first-order valence-corrected chi connectivity index (χ1v) is 9.21. The molecule has 4 aromatic rings. The lowest BCUT2D eigenvalue weighted by molar-refractivity contribution is 0.104. The van der Waals surface area contributed by atoms with Gasteiger partial charge in [0.15, 0.2) is 5.78 Å². The molecular formula is C24H21NO3. The average molecular weight is 371 g/mol. The Morgan fingerprint density at radius 3 is 2.29 bits per heavy atom. The quantitative estimate of drug-likeness (QED) is 0.431. The largest absolute Gasteiger partial charge is 0.497 e. The van der Waals surface area contributed by atoms with Gasteiger partial charge in [0, 0.05) is 28.2 Å². The summed E-state index contributed by atoms with van der Waals surface area (Å²) in [7, 11) is 1.64. The van der Waals surface area contributed by atoms with E-state index in [9.17, 15) is 4.79 Å². The molecule has 0 aliphatic carbocycles. The Balaban J connectivity index is 1.55. The van der Waals surface area contributed by atoms with Gasteiger partial charge >= 0.3 is 0 Å². The highest BCUT2D eigenvalue weighted by molar-refractivity contribution is 6.16. The normalized spacial score (nSPS) is 10.8. The number of para-hydroxylation sites is 1. The van der Waals surface area contributed by atoms with Crippen molar-refractivity contribution in [2.24, 2.45) is 0 Å². The molecule has 28 heavy (non-hydrogen) atoms. The minimum atomic E-state index is 0.0339. The molecule has 0 unspecified atom stereocenters. The first-order valence-electron chi connectivity index (χ1n) is 9.21. The Labute approximate surface area is 163 Å². The Kier molecular flexibility index (Phi) is 5.11. The van der Waals surface area contributed by atoms with Gasteiger partial charge < -0.3 is 14.0 Å². The molecule has 0 saturated carbocycles. The van der Waals surface area contributed by atoms with Crippen LogP contribution in [-0.4, -0.2) is 24.1 Å². The fourth-order valence-electron chi connectivity index (χ4n) is 3.29. The van der Waals surface area contributed by atoms with Crippen molar-refractivity contribution in [3.63, 3.8) is 0 Å². The molecule has 0 radical (unpaired) electrons. The van der Waals surface area contributed by atoms with Crippen LogP contribution in [0.15, 0.2) is 85.1 Å². The summed E-state index contributed by atoms with van der Waals surface area (Å²) in [4.78, 5) is 13.0. The van der Waals surface area contributed by atoms with Gasteiger partial charge in [0.25, 0.3) is 0 Å². The van der Waals surface area contributed by atoms with Crippen molar-refractivity contribution in [3.8, 4) is 11.5 Å². The van der Waals surface area contributed by atoms with E-state index in [1.165, 1.54) is 0 Å². The van der Waals surface area contributed by atoms with E-state index in [1.807, 2.05) is 85.1 Å². The number of ketones is 1. The molecule has 0 N–H and O–H groups in total. The molecule has 140 valence electrons. The molecule has 0 aliphatic heterocycles. The number of hydrogen-bond acceptors (Lipinski definition) is 3. The van der Waals surface area contributed by atoms with Gasteiger partial charge in [-0.3, -0.25) is 4.79 Å². The molecule has 0 fully saturated rings. The Morgan fingerprint density at radius 2 is 1.54 bits per heavy atom. The predicted molar refractivity (Wildman–Crippen MR) is 110 cm³/mol. The van der Waals surface area contributed by atoms with E-state index >= 15 is 0 Å². The maximum atomic E-state index is 13.0. The highest BCUT2D eigenvalue weighted by Gasteiger charge is 2.16. The summed E-state index contributed by atoms with van der Waals surface area (Å²) in [6.45, 7) is 1.15. The number of hydrogen-bond donors (Lipinski definition) is 0. The van der Waals surface area contributed by atoms with E-state index in [-0.39, 0.29) is 5.78 Å². The third-order valence-electron chi connectivity index (χ3n) is 4.73. The average Bonchev–Trinajstić information content (AvgIpc) is 3.13. The zero-order chi connectivity index (χ0) is 19.3. The number of aromatic nitrogens is 1. The van der Waals surface area contributed by atoms with E-state index in [4.69, 9.17) is 9.47 Å². The molecular weight excluding hydrogens is 350 g/mol. The zero-order valence-corrected chi connectivity index (χ0v) is 15.7. The van der Waals surface area contributed by atoms with Crippen molar-refractivity contribution in [1.29, 1.82) is 0 Å². The number of ether oxygens (including phenoxy) is 2. The number of nitrogens with zero attached hydrogens (tertiary/aromatic N) is 1. The second-order valence-corrected chi connectivity index (χ2v) is 6.47. The van der Waals surface area contributed by atoms with Crippen LogP contribution < -0.4 is 9.47 Å². The van der Waals surface area contributed by atoms with Crippen LogP contribution in [0.4, 0.5) is 0 Å². The highest BCUT2D eigenvalue weighted by atomic mass is 16.5. The number of fused-ring (bicyclic) bond motifs is 1. The summed E-state index contributed by atoms with van der Waals surface area (Å²) in [5, 5.41) is 0.959. The Morgan fingerprint density at radius 1 is 0.857 bits per heavy atom. The summed E-state index contributed by atoms with van der Waals surface area (Å²) < 4.78 is 13.1. The third kappa shape index (κ3) is 3.62. The molecule has 3 aromatic carbocycles. The van der Waals surface area contributed by atoms with Crippen molar-refractivity contribution in [2.45, 2.75) is 6.54 Å². The highest BCUT2D eigenvalue weighted by Crippen LogP contribution is 2.24. The fourth-order valence-corrected chi connectivity index (χ4v) is 3.29. The summed E-state index contributed by atoms with van der Waals surface area (Å²) in [6, 6.07) is 24.9. The number of rotatable bonds is 7. The van der Waals surface area contributed by atoms with Crippen LogP contribution in [0.25, 0.3) is 10.9 Å². The second-order valence-electron chi connectivity index (χ2n) is 6.47. The molecule has 0 aliphatic rings. The van der Waals surface area contributed by atoms with Crippen molar-refractivity contribution in [2.75, 3.05) is 13.7 Å². The van der Waals surface area contributed by atoms with Gasteiger partial charge in [-0.1, -0.05) is 48.5 Å². The van der Waals surface area contributed by atoms with E-state index in [1.54, 1.807) is 7.11 Å². The van der Waals surface area contributed by atoms with Gasteiger partial charge in [0.2, 0.25) is 0 Å². The van der Waals surface area contributed by atoms with Gasteiger partial charge in [-0.2, -0.15) is 0 Å². The summed E-state index contributed by atoms with van der Waals surface area (Å²) in [5.41, 5.74) is 2.44. The van der Waals surface area contributed by atoms with Crippen LogP contribution in [0.2, 0.25) is 0 Å². The maximum absolute atomic E-state index is 13.0. The van der Waals surface area contributed by atoms with Crippen LogP contribution in [0.5, 0.6) is 11.5 Å². The van der Waals surface area contributed by atoms with Crippen molar-refractivity contribution >= 4 is 16.7 Å². The monoisotopic (exact) mass is 371 g/mol. The third-order valence-corrected chi connectivity index (χ3v) is 4.73. The summed E-state index contributed by atoms with van der Waals surface area (Å²) >= 11 is 0. The summed E-state index contributed by atoms with van der Waals surface area (Å²) in [6.07, 6.45) is 1.93. The number of carbonyl (C=O) groups is 1. The lowest BCUT2D eigenvalue weighted by Gasteiger charge is -2.09. The Hall–Kier alpha value is -3.53. The van der Waals surface area contributed by atoms with Crippen LogP contribution in [0, 0.1) is 0 Å². The first kappa shape index (κ1) is 17.9. The van der Waals surface area contributed by atoms with Gasteiger partial charge in [-0.25, -0.2) is 0 Å². The Bertz CT molecular complexity index is 1080. The molecule has 4 rings (SSSR count). The fraction of sp³-hybridized carbons (Fsp3) is 0.125. The van der Waals surface area contributed by atoms with E-state index in [2.05, 4.69) is 4.57 Å². The molecule has 4 heteroatoms. The SMILES string of the molecule is COc1ccc(OCCn2cc(C(=O)c3ccccc3)c3ccccc32)cc1. The second kappa shape index (κ2) is 8.01. The topological polar surface area (TPSA) is 40.5 Å². The maximum Gasteiger partial charge on any atom is 0.195 e. The van der Waals surface area contributed by atoms with Crippen LogP contribution in [0.3, 0.4) is 0 Å². The lowest BCUT2D eigenvalue weighted by Crippen LogP contribution is -2.07. The molecule has 1 heterocycles. The molecule has 0 amide bonds. The van der Waals surface area contributed by atoms with E-state index in [0.29, 0.717) is 24.3 Å². The smallest absolute Gasteiger partial charge is 0.195 e. The molecule has 0 atom stereocenters. The van der Waals surface area contributed by atoms with Crippen molar-refractivity contribution in [3.05, 3.63) is 96.2 Å². The zero-order valence-electron chi connectivity index (χ0n) is 15.7. The first-order chi connectivity index (χ1) is 13.8. The van der Waals surface area contributed by atoms with E-state index < -0.39 is 0 Å². The van der Waals surface area contributed by atoms with Gasteiger partial charge in [-0.05, 0) is 30.3 Å². The van der Waals surface area contributed by atoms with Gasteiger partial charge in [-0.15, -0.1) is 0 Å². The molecule has 0 saturated heterocycles. The van der Waals surface area contributed by atoms with E-state index in [0.717, 1.165) is 22.4 Å². The number of carbonyl (C=O) groups excluding carboxylic acids is 1. The lowest BCUT2D eigenvalue weighted by atomic mass is 10.0. The van der Waals surface area contributed by atoms with Crippen LogP contribution in [0.1, 0.15) is 15.9 Å². The number of methoxy groups -OCH3 is 1. The minimum Gasteiger partial charge on any atom is -0.497 e. The molecule has 0 spiro atoms. The molecule has 0 bridgehead atoms. The standard InChI is InChI=1S/C24H21NO3/c1-27-19-11-13-20(14-12-19)28-16-15-25-17-22(21-9-5-6-10-23(21)25)24(26)18-7-3-2-4-8-18/h2-14,17H,15-16H2,1H3. The van der Waals surface area contributed by atoms with Crippen LogP contribution in [-0.2, 0) is 6.54 Å². The van der Waals surface area contributed by atoms with Crippen LogP contribution >= 0.6 is 0 Å². The van der Waals surface area contributed by atoms with Crippen molar-refractivity contribution in [1.82, 2.24) is 4.57 Å². The van der Waals surface area contributed by atoms with Gasteiger partial charge in [0.05, 0.1) is 13.7 Å². The minimum absolute atomic E-state index is 0.0339. The van der Waals surface area contributed by atoms with Gasteiger partial charge in [0.1, 0.15) is 18.1 Å². The molecule has 1 aromatic heterocycles. The summed E-state index contributed by atoms with van der Waals surface area (Å²) in [5.74, 6) is 1.62. The van der Waals surface area contributed by atoms with Crippen molar-refractivity contribution < 1.29 is 14.3 Å².